The van der Waals surface area contributed by atoms with Gasteiger partial charge in [-0.15, -0.1) is 0 Å². The fourth-order valence-corrected chi connectivity index (χ4v) is 1.56. The van der Waals surface area contributed by atoms with Crippen molar-refractivity contribution in [2.75, 3.05) is 0 Å². The third kappa shape index (κ3) is 13.4. The number of carbonyl (C=O) groups excluding carboxylic acids is 1. The molecule has 0 aromatic rings. The summed E-state index contributed by atoms with van der Waals surface area (Å²) >= 11 is 0. The lowest BCUT2D eigenvalue weighted by Crippen LogP contribution is -1.98. The average molecular weight is 212 g/mol. The standard InChI is InChI=1S/C13H24O2/c1-13(15)11-9-7-5-3-2-4-6-8-10-12-14/h8,10,12-13,15H,2-7,9,11H2,1H3/b10-8+. The van der Waals surface area contributed by atoms with Gasteiger partial charge >= 0.3 is 0 Å². The highest BCUT2D eigenvalue weighted by atomic mass is 16.3. The molecular formula is C13H24O2. The van der Waals surface area contributed by atoms with Gasteiger partial charge in [-0.2, -0.15) is 0 Å². The van der Waals surface area contributed by atoms with Crippen LogP contribution in [0.4, 0.5) is 0 Å². The van der Waals surface area contributed by atoms with E-state index in [-0.39, 0.29) is 6.10 Å². The molecular weight excluding hydrogens is 188 g/mol. The molecule has 0 amide bonds. The first-order valence-electron chi connectivity index (χ1n) is 6.05. The minimum absolute atomic E-state index is 0.140. The number of aliphatic hydroxyl groups excluding tert-OH is 1. The highest BCUT2D eigenvalue weighted by Gasteiger charge is 1.95. The molecule has 0 aromatic carbocycles. The van der Waals surface area contributed by atoms with Crippen molar-refractivity contribution in [1.29, 1.82) is 0 Å². The second-order valence-corrected chi connectivity index (χ2v) is 4.11. The van der Waals surface area contributed by atoms with E-state index in [1.807, 2.05) is 13.0 Å². The molecule has 1 atom stereocenters. The zero-order valence-corrected chi connectivity index (χ0v) is 9.82. The summed E-state index contributed by atoms with van der Waals surface area (Å²) in [7, 11) is 0. The number of rotatable bonds is 10. The van der Waals surface area contributed by atoms with Gasteiger partial charge < -0.3 is 5.11 Å². The molecule has 0 fully saturated rings. The predicted octanol–water partition coefficient (Wildman–Crippen LogP) is 3.24. The van der Waals surface area contributed by atoms with E-state index < -0.39 is 0 Å². The number of aliphatic hydroxyl groups is 1. The molecule has 0 saturated carbocycles. The Labute approximate surface area is 93.4 Å². The molecule has 0 rings (SSSR count). The van der Waals surface area contributed by atoms with Crippen molar-refractivity contribution >= 4 is 6.29 Å². The van der Waals surface area contributed by atoms with Gasteiger partial charge in [-0.05, 0) is 32.3 Å². The van der Waals surface area contributed by atoms with Gasteiger partial charge in [-0.3, -0.25) is 4.79 Å². The van der Waals surface area contributed by atoms with Crippen LogP contribution in [-0.4, -0.2) is 17.5 Å². The van der Waals surface area contributed by atoms with Gasteiger partial charge in [-0.25, -0.2) is 0 Å². The van der Waals surface area contributed by atoms with Crippen molar-refractivity contribution in [3.63, 3.8) is 0 Å². The van der Waals surface area contributed by atoms with Crippen molar-refractivity contribution < 1.29 is 9.90 Å². The van der Waals surface area contributed by atoms with E-state index in [2.05, 4.69) is 0 Å². The number of hydrogen-bond acceptors (Lipinski definition) is 2. The summed E-state index contributed by atoms with van der Waals surface area (Å²) in [4.78, 5) is 9.96. The molecule has 0 spiro atoms. The quantitative estimate of drug-likeness (QED) is 0.343. The van der Waals surface area contributed by atoms with Crippen LogP contribution in [0.15, 0.2) is 12.2 Å². The van der Waals surface area contributed by atoms with Crippen molar-refractivity contribution in [3.8, 4) is 0 Å². The summed E-state index contributed by atoms with van der Waals surface area (Å²) in [5.41, 5.74) is 0. The number of unbranched alkanes of at least 4 members (excludes halogenated alkanes) is 6. The summed E-state index contributed by atoms with van der Waals surface area (Å²) < 4.78 is 0. The first kappa shape index (κ1) is 14.4. The van der Waals surface area contributed by atoms with E-state index in [0.29, 0.717) is 0 Å². The summed E-state index contributed by atoms with van der Waals surface area (Å²) in [5.74, 6) is 0. The Morgan fingerprint density at radius 3 is 2.27 bits per heavy atom. The Kier molecular flexibility index (Phi) is 11.0. The number of hydrogen-bond donors (Lipinski definition) is 1. The van der Waals surface area contributed by atoms with E-state index in [9.17, 15) is 4.79 Å². The van der Waals surface area contributed by atoms with E-state index in [1.165, 1.54) is 32.1 Å². The zero-order valence-electron chi connectivity index (χ0n) is 9.82. The smallest absolute Gasteiger partial charge is 0.142 e. The van der Waals surface area contributed by atoms with Crippen molar-refractivity contribution in [2.45, 2.75) is 64.4 Å². The highest BCUT2D eigenvalue weighted by Crippen LogP contribution is 2.09. The third-order valence-electron chi connectivity index (χ3n) is 2.46. The Bertz CT molecular complexity index is 162. The maximum atomic E-state index is 9.96. The Balaban J connectivity index is 2.98. The molecule has 88 valence electrons. The van der Waals surface area contributed by atoms with Gasteiger partial charge in [0, 0.05) is 0 Å². The Morgan fingerprint density at radius 1 is 1.07 bits per heavy atom. The summed E-state index contributed by atoms with van der Waals surface area (Å²) in [6.07, 6.45) is 13.5. The average Bonchev–Trinajstić information content (AvgIpc) is 2.20. The molecule has 0 aliphatic heterocycles. The molecule has 0 heterocycles. The summed E-state index contributed by atoms with van der Waals surface area (Å²) in [5, 5.41) is 9.04. The second kappa shape index (κ2) is 11.4. The van der Waals surface area contributed by atoms with Crippen LogP contribution in [0.25, 0.3) is 0 Å². The summed E-state index contributed by atoms with van der Waals surface area (Å²) in [6.45, 7) is 1.85. The molecule has 2 heteroatoms. The summed E-state index contributed by atoms with van der Waals surface area (Å²) in [6, 6.07) is 0. The van der Waals surface area contributed by atoms with Crippen molar-refractivity contribution in [3.05, 3.63) is 12.2 Å². The molecule has 1 N–H and O–H groups in total. The molecule has 15 heavy (non-hydrogen) atoms. The van der Waals surface area contributed by atoms with Crippen molar-refractivity contribution in [2.24, 2.45) is 0 Å². The second-order valence-electron chi connectivity index (χ2n) is 4.11. The maximum Gasteiger partial charge on any atom is 0.142 e. The third-order valence-corrected chi connectivity index (χ3v) is 2.46. The SMILES string of the molecule is CC(O)CCCCCCCC/C=C/C=O. The first-order valence-corrected chi connectivity index (χ1v) is 6.05. The lowest BCUT2D eigenvalue weighted by Gasteiger charge is -2.03. The Hall–Kier alpha value is -0.630. The fraction of sp³-hybridized carbons (Fsp3) is 0.769. The van der Waals surface area contributed by atoms with E-state index in [0.717, 1.165) is 25.5 Å². The van der Waals surface area contributed by atoms with Crippen LogP contribution >= 0.6 is 0 Å². The minimum Gasteiger partial charge on any atom is -0.393 e. The molecule has 0 aliphatic carbocycles. The van der Waals surface area contributed by atoms with Crippen LogP contribution in [-0.2, 0) is 4.79 Å². The normalized spacial score (nSPS) is 13.2. The van der Waals surface area contributed by atoms with Crippen LogP contribution in [0.5, 0.6) is 0 Å². The van der Waals surface area contributed by atoms with Crippen LogP contribution in [0.1, 0.15) is 58.3 Å². The maximum absolute atomic E-state index is 9.96. The van der Waals surface area contributed by atoms with Crippen LogP contribution in [0, 0.1) is 0 Å². The fourth-order valence-electron chi connectivity index (χ4n) is 1.56. The molecule has 0 aromatic heterocycles. The van der Waals surface area contributed by atoms with E-state index >= 15 is 0 Å². The first-order chi connectivity index (χ1) is 7.27. The number of carbonyl (C=O) groups is 1. The van der Waals surface area contributed by atoms with Gasteiger partial charge in [0.25, 0.3) is 0 Å². The van der Waals surface area contributed by atoms with Gasteiger partial charge in [0.15, 0.2) is 0 Å². The van der Waals surface area contributed by atoms with Gasteiger partial charge in [0.2, 0.25) is 0 Å². The molecule has 0 radical (unpaired) electrons. The van der Waals surface area contributed by atoms with Crippen LogP contribution in [0.2, 0.25) is 0 Å². The Morgan fingerprint density at radius 2 is 1.67 bits per heavy atom. The lowest BCUT2D eigenvalue weighted by atomic mass is 10.1. The molecule has 0 aliphatic rings. The van der Waals surface area contributed by atoms with E-state index in [4.69, 9.17) is 5.11 Å². The lowest BCUT2D eigenvalue weighted by molar-refractivity contribution is -0.104. The molecule has 1 unspecified atom stereocenters. The van der Waals surface area contributed by atoms with E-state index in [1.54, 1.807) is 6.08 Å². The van der Waals surface area contributed by atoms with Crippen LogP contribution in [0.3, 0.4) is 0 Å². The topological polar surface area (TPSA) is 37.3 Å². The van der Waals surface area contributed by atoms with Crippen LogP contribution < -0.4 is 0 Å². The molecule has 0 saturated heterocycles. The monoisotopic (exact) mass is 212 g/mol. The molecule has 0 bridgehead atoms. The van der Waals surface area contributed by atoms with Gasteiger partial charge in [0.1, 0.15) is 6.29 Å². The zero-order chi connectivity index (χ0) is 11.4. The number of allylic oxidation sites excluding steroid dienone is 2. The molecule has 2 nitrogen and oxygen atoms in total. The number of aldehydes is 1. The minimum atomic E-state index is -0.140. The van der Waals surface area contributed by atoms with Gasteiger partial charge in [-0.1, -0.05) is 38.2 Å². The highest BCUT2D eigenvalue weighted by molar-refractivity contribution is 5.64. The largest absolute Gasteiger partial charge is 0.393 e. The van der Waals surface area contributed by atoms with Crippen molar-refractivity contribution in [1.82, 2.24) is 0 Å². The predicted molar refractivity (Wildman–Crippen MR) is 63.8 cm³/mol. The van der Waals surface area contributed by atoms with Gasteiger partial charge in [0.05, 0.1) is 6.10 Å².